The molecule has 0 saturated carbocycles. The molecule has 0 aromatic heterocycles. The maximum atomic E-state index is 5.90. The maximum Gasteiger partial charge on any atom is 0.0670 e. The molecule has 12 heavy (non-hydrogen) atoms. The number of nitrogens with zero attached hydrogens (tertiary/aromatic N) is 1. The molecule has 0 fully saturated rings. The molecule has 0 amide bonds. The van der Waals surface area contributed by atoms with Crippen LogP contribution in [0.25, 0.3) is 0 Å². The van der Waals surface area contributed by atoms with E-state index in [9.17, 15) is 0 Å². The van der Waals surface area contributed by atoms with E-state index in [-0.39, 0.29) is 5.41 Å². The van der Waals surface area contributed by atoms with E-state index in [0.717, 1.165) is 0 Å². The Morgan fingerprint density at radius 2 is 1.75 bits per heavy atom. The number of allylic oxidation sites excluding steroid dienone is 2. The minimum atomic E-state index is -0.415. The van der Waals surface area contributed by atoms with Crippen molar-refractivity contribution in [1.82, 2.24) is 0 Å². The molecule has 2 heteroatoms. The van der Waals surface area contributed by atoms with Crippen molar-refractivity contribution in [3.8, 4) is 0 Å². The van der Waals surface area contributed by atoms with Gasteiger partial charge in [-0.05, 0) is 6.92 Å². The average Bonchev–Trinajstić information content (AvgIpc) is 1.94. The van der Waals surface area contributed by atoms with Gasteiger partial charge in [0.05, 0.1) is 5.54 Å². The van der Waals surface area contributed by atoms with E-state index >= 15 is 0 Å². The molecule has 0 aromatic rings. The smallest absolute Gasteiger partial charge is 0.0670 e. The highest BCUT2D eigenvalue weighted by Crippen LogP contribution is 2.21. The van der Waals surface area contributed by atoms with Crippen LogP contribution in [-0.2, 0) is 0 Å². The van der Waals surface area contributed by atoms with Gasteiger partial charge in [0.1, 0.15) is 0 Å². The maximum absolute atomic E-state index is 5.90. The molecular formula is C10H16N2. The van der Waals surface area contributed by atoms with Gasteiger partial charge in [0.15, 0.2) is 0 Å². The van der Waals surface area contributed by atoms with Gasteiger partial charge >= 0.3 is 0 Å². The van der Waals surface area contributed by atoms with Gasteiger partial charge in [0.2, 0.25) is 0 Å². The van der Waals surface area contributed by atoms with Gasteiger partial charge in [-0.2, -0.15) is 0 Å². The van der Waals surface area contributed by atoms with Crippen molar-refractivity contribution in [2.75, 3.05) is 0 Å². The Morgan fingerprint density at radius 3 is 2.42 bits per heavy atom. The minimum Gasteiger partial charge on any atom is -0.318 e. The molecule has 66 valence electrons. The second kappa shape index (κ2) is 2.87. The summed E-state index contributed by atoms with van der Waals surface area (Å²) in [5, 5.41) is 0. The summed E-state index contributed by atoms with van der Waals surface area (Å²) in [7, 11) is 0. The van der Waals surface area contributed by atoms with E-state index in [1.54, 1.807) is 12.4 Å². The first-order chi connectivity index (χ1) is 5.41. The molecule has 1 aliphatic rings. The highest BCUT2D eigenvalue weighted by atomic mass is 14.8. The van der Waals surface area contributed by atoms with Crippen LogP contribution in [-0.4, -0.2) is 11.8 Å². The van der Waals surface area contributed by atoms with E-state index in [2.05, 4.69) is 31.0 Å². The van der Waals surface area contributed by atoms with Gasteiger partial charge in [-0.1, -0.05) is 32.1 Å². The summed E-state index contributed by atoms with van der Waals surface area (Å²) in [6.07, 6.45) is 9.69. The van der Waals surface area contributed by atoms with Crippen molar-refractivity contribution in [3.63, 3.8) is 0 Å². The van der Waals surface area contributed by atoms with Crippen LogP contribution in [0.15, 0.2) is 29.4 Å². The predicted octanol–water partition coefficient (Wildman–Crippen LogP) is 1.88. The molecule has 0 radical (unpaired) electrons. The van der Waals surface area contributed by atoms with Crippen LogP contribution >= 0.6 is 0 Å². The van der Waals surface area contributed by atoms with E-state index in [1.165, 1.54) is 0 Å². The first-order valence-corrected chi connectivity index (χ1v) is 4.13. The summed E-state index contributed by atoms with van der Waals surface area (Å²) >= 11 is 0. The SMILES string of the molecule is CC1(N)C=N/C=C\C(C)(C)/C=C\1. The second-order valence-electron chi connectivity index (χ2n) is 4.11. The Balaban J connectivity index is 2.97. The molecule has 1 aliphatic heterocycles. The highest BCUT2D eigenvalue weighted by molar-refractivity contribution is 5.73. The second-order valence-corrected chi connectivity index (χ2v) is 4.11. The third-order valence-electron chi connectivity index (χ3n) is 1.81. The summed E-state index contributed by atoms with van der Waals surface area (Å²) in [6.45, 7) is 6.18. The largest absolute Gasteiger partial charge is 0.318 e. The number of aliphatic imine (C=N–C) groups is 1. The van der Waals surface area contributed by atoms with Gasteiger partial charge in [-0.25, -0.2) is 0 Å². The van der Waals surface area contributed by atoms with Crippen LogP contribution in [0.2, 0.25) is 0 Å². The van der Waals surface area contributed by atoms with E-state index in [1.807, 2.05) is 13.0 Å². The lowest BCUT2D eigenvalue weighted by atomic mass is 9.89. The van der Waals surface area contributed by atoms with Crippen LogP contribution in [0.3, 0.4) is 0 Å². The quantitative estimate of drug-likeness (QED) is 0.545. The molecule has 0 spiro atoms. The number of hydrogen-bond donors (Lipinski definition) is 1. The summed E-state index contributed by atoms with van der Waals surface area (Å²) in [5.41, 5.74) is 5.54. The molecule has 2 N–H and O–H groups in total. The zero-order valence-electron chi connectivity index (χ0n) is 7.91. The lowest BCUT2D eigenvalue weighted by Gasteiger charge is -2.20. The van der Waals surface area contributed by atoms with Gasteiger partial charge < -0.3 is 5.73 Å². The molecule has 0 aromatic carbocycles. The first-order valence-electron chi connectivity index (χ1n) is 4.13. The van der Waals surface area contributed by atoms with Crippen molar-refractivity contribution in [1.29, 1.82) is 0 Å². The normalized spacial score (nSPS) is 38.3. The molecule has 1 heterocycles. The number of nitrogens with two attached hydrogens (primary N) is 1. The van der Waals surface area contributed by atoms with E-state index in [4.69, 9.17) is 5.73 Å². The highest BCUT2D eigenvalue weighted by Gasteiger charge is 2.16. The monoisotopic (exact) mass is 164 g/mol. The standard InChI is InChI=1S/C10H16N2/c1-9(2)4-5-10(3,11)8-12-7-6-9/h4-8H,11H2,1-3H3/b5-4-,7-6-,12-8?. The zero-order chi connectivity index (χ0) is 9.24. The third kappa shape index (κ3) is 2.62. The topological polar surface area (TPSA) is 38.4 Å². The lowest BCUT2D eigenvalue weighted by molar-refractivity contribution is 0.612. The molecule has 2 nitrogen and oxygen atoms in total. The van der Waals surface area contributed by atoms with Crippen LogP contribution in [0.1, 0.15) is 20.8 Å². The Labute approximate surface area is 73.9 Å². The average molecular weight is 164 g/mol. The number of rotatable bonds is 0. The van der Waals surface area contributed by atoms with Gasteiger partial charge in [-0.15, -0.1) is 0 Å². The van der Waals surface area contributed by atoms with Gasteiger partial charge in [-0.3, -0.25) is 4.99 Å². The van der Waals surface area contributed by atoms with Crippen LogP contribution in [0.4, 0.5) is 0 Å². The summed E-state index contributed by atoms with van der Waals surface area (Å²) in [6, 6.07) is 0. The summed E-state index contributed by atoms with van der Waals surface area (Å²) < 4.78 is 0. The summed E-state index contributed by atoms with van der Waals surface area (Å²) in [5.74, 6) is 0. The van der Waals surface area contributed by atoms with Crippen molar-refractivity contribution >= 4 is 6.21 Å². The zero-order valence-corrected chi connectivity index (χ0v) is 7.91. The Kier molecular flexibility index (Phi) is 2.20. The summed E-state index contributed by atoms with van der Waals surface area (Å²) in [4.78, 5) is 4.10. The molecule has 0 bridgehead atoms. The first kappa shape index (κ1) is 9.20. The molecule has 0 aliphatic carbocycles. The molecule has 1 atom stereocenters. The fraction of sp³-hybridized carbons (Fsp3) is 0.500. The van der Waals surface area contributed by atoms with Crippen LogP contribution in [0.5, 0.6) is 0 Å². The Hall–Kier alpha value is -0.890. The van der Waals surface area contributed by atoms with Crippen molar-refractivity contribution in [3.05, 3.63) is 24.4 Å². The third-order valence-corrected chi connectivity index (χ3v) is 1.81. The molecule has 1 rings (SSSR count). The Bertz CT molecular complexity index is 219. The fourth-order valence-corrected chi connectivity index (χ4v) is 0.932. The predicted molar refractivity (Wildman–Crippen MR) is 53.1 cm³/mol. The van der Waals surface area contributed by atoms with Crippen molar-refractivity contribution in [2.45, 2.75) is 26.3 Å². The molecular weight excluding hydrogens is 148 g/mol. The molecule has 1 unspecified atom stereocenters. The van der Waals surface area contributed by atoms with Crippen molar-refractivity contribution < 1.29 is 0 Å². The fourth-order valence-electron chi connectivity index (χ4n) is 0.932. The van der Waals surface area contributed by atoms with Gasteiger partial charge in [0.25, 0.3) is 0 Å². The van der Waals surface area contributed by atoms with Crippen LogP contribution in [0, 0.1) is 5.41 Å². The van der Waals surface area contributed by atoms with Crippen molar-refractivity contribution in [2.24, 2.45) is 16.1 Å². The van der Waals surface area contributed by atoms with Crippen LogP contribution < -0.4 is 5.73 Å². The van der Waals surface area contributed by atoms with E-state index < -0.39 is 5.54 Å². The minimum absolute atomic E-state index is 0.0540. The van der Waals surface area contributed by atoms with E-state index in [0.29, 0.717) is 0 Å². The van der Waals surface area contributed by atoms with Gasteiger partial charge in [0, 0.05) is 17.8 Å². The number of hydrogen-bond acceptors (Lipinski definition) is 2. The Morgan fingerprint density at radius 1 is 1.08 bits per heavy atom. The molecule has 0 saturated heterocycles. The lowest BCUT2D eigenvalue weighted by Crippen LogP contribution is -2.36.